The summed E-state index contributed by atoms with van der Waals surface area (Å²) in [6.07, 6.45) is 0.775. The van der Waals surface area contributed by atoms with Crippen molar-refractivity contribution in [2.75, 3.05) is 0 Å². The fourth-order valence-corrected chi connectivity index (χ4v) is 11.6. The minimum atomic E-state index is -1.83. The summed E-state index contributed by atoms with van der Waals surface area (Å²) in [5, 5.41) is 3.53. The predicted molar refractivity (Wildman–Crippen MR) is 243 cm³/mol. The Morgan fingerprint density at radius 3 is 2.16 bits per heavy atom. The SMILES string of the molecule is [2H]C([2H])(c1cc(-c2[c-]cccc2)ncc1[Si](C)(C)C)C(C)C.[2H]C([2H])(c1ccnc(-c2[c-]ccc3c2sc2cc(-c4cc[c]([Ge]([CH3])([CH3])[CH3])cc4)ccc23)c1)C(C)(C)C.[Ir]. The van der Waals surface area contributed by atoms with Gasteiger partial charge in [0.15, 0.2) is 0 Å². The van der Waals surface area contributed by atoms with Crippen LogP contribution in [0.2, 0.25) is 36.9 Å². The predicted octanol–water partition coefficient (Wildman–Crippen LogP) is 13.0. The molecule has 6 heteroatoms. The van der Waals surface area contributed by atoms with Crippen molar-refractivity contribution in [2.24, 2.45) is 11.3 Å². The second-order valence-corrected chi connectivity index (χ2v) is 34.2. The first kappa shape index (κ1) is 37.4. The third-order valence-corrected chi connectivity index (χ3v) is 16.7. The molecule has 0 saturated carbocycles. The average molecular weight is 1000 g/mol. The molecule has 3 heterocycles. The molecule has 0 aliphatic rings. The van der Waals surface area contributed by atoms with E-state index in [4.69, 9.17) is 5.48 Å². The van der Waals surface area contributed by atoms with E-state index in [1.165, 1.54) is 31.0 Å². The molecule has 0 saturated heterocycles. The van der Waals surface area contributed by atoms with Crippen LogP contribution in [0.4, 0.5) is 0 Å². The van der Waals surface area contributed by atoms with Crippen molar-refractivity contribution in [1.82, 2.24) is 9.97 Å². The van der Waals surface area contributed by atoms with Gasteiger partial charge in [0.05, 0.1) is 8.07 Å². The van der Waals surface area contributed by atoms with E-state index in [-0.39, 0.29) is 26.0 Å². The third kappa shape index (κ3) is 10.8. The van der Waals surface area contributed by atoms with Crippen LogP contribution in [0.15, 0.2) is 109 Å². The number of nitrogens with zero attached hydrogens (tertiary/aromatic N) is 2. The van der Waals surface area contributed by atoms with Crippen molar-refractivity contribution >= 4 is 62.4 Å². The zero-order chi connectivity index (χ0) is 42.4. The van der Waals surface area contributed by atoms with Gasteiger partial charge >= 0.3 is 161 Å². The van der Waals surface area contributed by atoms with Crippen molar-refractivity contribution in [3.8, 4) is 33.6 Å². The zero-order valence-corrected chi connectivity index (χ0v) is 40.4. The van der Waals surface area contributed by atoms with E-state index in [1.54, 1.807) is 23.6 Å². The monoisotopic (exact) mass is 1000 g/mol. The van der Waals surface area contributed by atoms with Crippen LogP contribution >= 0.6 is 11.3 Å². The standard InChI is InChI=1S/C31H32GeNS.C18H24NSi.Ir/c1-31(2,3)20-21-16-17-33-28(18-21)27-9-7-8-26-25-15-12-23(19-29(25)34-30(26)27)22-10-13-24(14-11-22)32(4,5)6;1-14(2)11-16-12-17(15-9-7-6-8-10-15)19-13-18(16)20(3,4)5;/h7-8,10-19H,20H2,1-6H3;6-9,12-14H,11H2,1-5H3;/q2*-1;/i20D2;11D2;. The first-order valence-electron chi connectivity index (χ1n) is 20.9. The summed E-state index contributed by atoms with van der Waals surface area (Å²) in [7, 11) is -1.67. The van der Waals surface area contributed by atoms with E-state index in [0.717, 1.165) is 38.0 Å². The Morgan fingerprint density at radius 1 is 0.800 bits per heavy atom. The number of benzene rings is 4. The van der Waals surface area contributed by atoms with Gasteiger partial charge in [0, 0.05) is 38.0 Å². The summed E-state index contributed by atoms with van der Waals surface area (Å²) in [5.74, 6) is 7.19. The fraction of sp³-hybridized carbons (Fsp3) is 0.306. The van der Waals surface area contributed by atoms with Crippen LogP contribution in [0, 0.1) is 23.5 Å². The third-order valence-electron chi connectivity index (χ3n) is 9.19. The molecule has 0 N–H and O–H groups in total. The van der Waals surface area contributed by atoms with Crippen LogP contribution < -0.4 is 9.58 Å². The summed E-state index contributed by atoms with van der Waals surface area (Å²) in [6, 6.07) is 39.9. The summed E-state index contributed by atoms with van der Waals surface area (Å²) in [5.41, 5.74) is 6.79. The average Bonchev–Trinajstić information content (AvgIpc) is 3.55. The molecular weight excluding hydrogens is 942 g/mol. The molecule has 0 atom stereocenters. The van der Waals surface area contributed by atoms with Gasteiger partial charge in [0.1, 0.15) is 0 Å². The second-order valence-electron chi connectivity index (χ2n) is 17.5. The summed E-state index contributed by atoms with van der Waals surface area (Å²) >= 11 is -0.0665. The number of hydrogen-bond acceptors (Lipinski definition) is 3. The van der Waals surface area contributed by atoms with Crippen molar-refractivity contribution in [2.45, 2.75) is 84.3 Å². The van der Waals surface area contributed by atoms with Crippen molar-refractivity contribution in [1.29, 1.82) is 0 Å². The summed E-state index contributed by atoms with van der Waals surface area (Å²) in [4.78, 5) is 9.22. The number of hydrogen-bond donors (Lipinski definition) is 0. The van der Waals surface area contributed by atoms with Gasteiger partial charge in [-0.25, -0.2) is 0 Å². The van der Waals surface area contributed by atoms with Gasteiger partial charge in [-0.3, -0.25) is 0 Å². The van der Waals surface area contributed by atoms with E-state index in [1.807, 2.05) is 83.3 Å². The molecule has 4 aromatic carbocycles. The summed E-state index contributed by atoms with van der Waals surface area (Å²) in [6.45, 7) is 16.4. The molecule has 0 aliphatic carbocycles. The van der Waals surface area contributed by atoms with Crippen LogP contribution in [0.25, 0.3) is 53.8 Å². The smallest absolute Gasteiger partial charge is 0.0599 e. The van der Waals surface area contributed by atoms with Crippen molar-refractivity contribution in [3.05, 3.63) is 133 Å². The molecule has 287 valence electrons. The van der Waals surface area contributed by atoms with Crippen LogP contribution in [-0.2, 0) is 32.9 Å². The Morgan fingerprint density at radius 2 is 1.53 bits per heavy atom. The van der Waals surface area contributed by atoms with Gasteiger partial charge in [-0.2, -0.15) is 0 Å². The van der Waals surface area contributed by atoms with Gasteiger partial charge in [-0.15, -0.1) is 35.9 Å². The fourth-order valence-electron chi connectivity index (χ4n) is 6.54. The molecule has 0 spiro atoms. The zero-order valence-electron chi connectivity index (χ0n) is 38.1. The molecule has 55 heavy (non-hydrogen) atoms. The number of fused-ring (bicyclic) bond motifs is 3. The van der Waals surface area contributed by atoms with Gasteiger partial charge in [0.2, 0.25) is 0 Å². The topological polar surface area (TPSA) is 25.8 Å². The van der Waals surface area contributed by atoms with Gasteiger partial charge in [-0.1, -0.05) is 71.5 Å². The molecule has 0 amide bonds. The summed E-state index contributed by atoms with van der Waals surface area (Å²) < 4.78 is 38.4. The van der Waals surface area contributed by atoms with Crippen LogP contribution in [0.3, 0.4) is 0 Å². The molecule has 0 unspecified atom stereocenters. The van der Waals surface area contributed by atoms with E-state index in [0.29, 0.717) is 5.56 Å². The minimum absolute atomic E-state index is 0. The molecule has 1 radical (unpaired) electrons. The van der Waals surface area contributed by atoms with Gasteiger partial charge < -0.3 is 4.98 Å². The van der Waals surface area contributed by atoms with Gasteiger partial charge in [-0.05, 0) is 41.0 Å². The van der Waals surface area contributed by atoms with Crippen LogP contribution in [0.5, 0.6) is 0 Å². The number of pyridine rings is 2. The molecule has 7 rings (SSSR count). The first-order valence-corrected chi connectivity index (χ1v) is 30.6. The number of rotatable bonds is 8. The van der Waals surface area contributed by atoms with Crippen LogP contribution in [0.1, 0.15) is 51.2 Å². The molecule has 3 aromatic heterocycles. The second kappa shape index (κ2) is 17.5. The Kier molecular flexibility index (Phi) is 11.9. The van der Waals surface area contributed by atoms with E-state index in [2.05, 4.69) is 108 Å². The van der Waals surface area contributed by atoms with Crippen molar-refractivity contribution in [3.63, 3.8) is 0 Å². The molecule has 2 nitrogen and oxygen atoms in total. The molecule has 0 fully saturated rings. The van der Waals surface area contributed by atoms with E-state index >= 15 is 0 Å². The molecule has 0 aliphatic heterocycles. The maximum absolute atomic E-state index is 8.72. The maximum atomic E-state index is 8.72. The number of aromatic nitrogens is 2. The van der Waals surface area contributed by atoms with Crippen LogP contribution in [-0.4, -0.2) is 31.3 Å². The molecule has 7 aromatic rings. The normalized spacial score (nSPS) is 13.7. The van der Waals surface area contributed by atoms with E-state index < -0.39 is 39.5 Å². The van der Waals surface area contributed by atoms with E-state index in [9.17, 15) is 0 Å². The Bertz CT molecular complexity index is 2550. The Balaban J connectivity index is 0.000000248. The van der Waals surface area contributed by atoms with Gasteiger partial charge in [0.25, 0.3) is 0 Å². The van der Waals surface area contributed by atoms with Crippen molar-refractivity contribution < 1.29 is 25.6 Å². The Labute approximate surface area is 357 Å². The quantitative estimate of drug-likeness (QED) is 0.112. The Hall–Kier alpha value is -3.19. The molecular formula is C49H56GeIrN2SSi-2. The number of thiophene rings is 1. The molecule has 0 bridgehead atoms. The first-order chi connectivity index (χ1) is 27.0. The minimum Gasteiger partial charge on any atom is -0.0599 e.